The molecule has 3 rings (SSSR count). The number of carbonyl (C=O) groups excluding carboxylic acids is 1. The molecule has 2 amide bonds. The highest BCUT2D eigenvalue weighted by atomic mass is 35.5. The summed E-state index contributed by atoms with van der Waals surface area (Å²) in [5.74, 6) is 0. The molecule has 4 nitrogen and oxygen atoms in total. The van der Waals surface area contributed by atoms with Gasteiger partial charge in [0.1, 0.15) is 6.04 Å². The molecule has 3 N–H and O–H groups in total. The highest BCUT2D eigenvalue weighted by Gasteiger charge is 2.28. The number of benzene rings is 1. The lowest BCUT2D eigenvalue weighted by atomic mass is 10.2. The predicted molar refractivity (Wildman–Crippen MR) is 95.5 cm³/mol. The Kier molecular flexibility index (Phi) is 5.54. The van der Waals surface area contributed by atoms with E-state index in [1.165, 1.54) is 30.8 Å². The van der Waals surface area contributed by atoms with Gasteiger partial charge >= 0.3 is 6.03 Å². The van der Waals surface area contributed by atoms with E-state index in [4.69, 9.17) is 11.6 Å². The summed E-state index contributed by atoms with van der Waals surface area (Å²) in [5, 5.41) is 8.62. The molecule has 0 spiro atoms. The lowest BCUT2D eigenvalue weighted by molar-refractivity contribution is -0.918. The summed E-state index contributed by atoms with van der Waals surface area (Å²) in [6, 6.07) is 11.5. The SMILES string of the molecule is O=C(NC[C@@H](c1cccs1)[NH+]1CCCC1)Nc1ccc(Cl)cc1. The van der Waals surface area contributed by atoms with Gasteiger partial charge in [-0.3, -0.25) is 0 Å². The molecule has 6 heteroatoms. The summed E-state index contributed by atoms with van der Waals surface area (Å²) in [6.45, 7) is 3.02. The minimum Gasteiger partial charge on any atom is -0.331 e. The number of anilines is 1. The van der Waals surface area contributed by atoms with Crippen LogP contribution in [0.15, 0.2) is 41.8 Å². The Morgan fingerprint density at radius 2 is 1.96 bits per heavy atom. The van der Waals surface area contributed by atoms with Crippen LogP contribution in [0, 0.1) is 0 Å². The number of carbonyl (C=O) groups is 1. The van der Waals surface area contributed by atoms with Crippen LogP contribution in [0.25, 0.3) is 0 Å². The Morgan fingerprint density at radius 3 is 2.61 bits per heavy atom. The van der Waals surface area contributed by atoms with Gasteiger partial charge in [-0.1, -0.05) is 17.7 Å². The van der Waals surface area contributed by atoms with Gasteiger partial charge in [-0.15, -0.1) is 11.3 Å². The Balaban J connectivity index is 1.57. The van der Waals surface area contributed by atoms with E-state index < -0.39 is 0 Å². The molecule has 1 atom stereocenters. The summed E-state index contributed by atoms with van der Waals surface area (Å²) >= 11 is 7.62. The predicted octanol–water partition coefficient (Wildman–Crippen LogP) is 2.94. The van der Waals surface area contributed by atoms with Crippen molar-refractivity contribution in [2.75, 3.05) is 25.0 Å². The van der Waals surface area contributed by atoms with Gasteiger partial charge in [0.05, 0.1) is 24.5 Å². The molecule has 23 heavy (non-hydrogen) atoms. The van der Waals surface area contributed by atoms with Gasteiger partial charge in [0.25, 0.3) is 0 Å². The van der Waals surface area contributed by atoms with Crippen LogP contribution in [-0.4, -0.2) is 25.7 Å². The Morgan fingerprint density at radius 1 is 1.22 bits per heavy atom. The average molecular weight is 351 g/mol. The molecule has 0 unspecified atom stereocenters. The van der Waals surface area contributed by atoms with Crippen molar-refractivity contribution in [3.63, 3.8) is 0 Å². The van der Waals surface area contributed by atoms with Gasteiger partial charge in [0.2, 0.25) is 0 Å². The molecule has 2 aromatic rings. The molecule has 1 fully saturated rings. The Hall–Kier alpha value is -1.56. The van der Waals surface area contributed by atoms with Crippen molar-refractivity contribution >= 4 is 34.7 Å². The molecular formula is C17H21ClN3OS+. The van der Waals surface area contributed by atoms with Gasteiger partial charge in [-0.25, -0.2) is 4.79 Å². The van der Waals surface area contributed by atoms with Crippen molar-refractivity contribution in [3.05, 3.63) is 51.7 Å². The number of likely N-dealkylation sites (tertiary alicyclic amines) is 1. The summed E-state index contributed by atoms with van der Waals surface area (Å²) in [4.78, 5) is 15.0. The van der Waals surface area contributed by atoms with E-state index in [2.05, 4.69) is 28.1 Å². The molecule has 0 saturated carbocycles. The zero-order chi connectivity index (χ0) is 16.1. The maximum atomic E-state index is 12.1. The number of hydrogen-bond donors (Lipinski definition) is 3. The van der Waals surface area contributed by atoms with Crippen molar-refractivity contribution in [1.29, 1.82) is 0 Å². The van der Waals surface area contributed by atoms with E-state index in [-0.39, 0.29) is 6.03 Å². The molecule has 1 aromatic heterocycles. The zero-order valence-corrected chi connectivity index (χ0v) is 14.4. The number of quaternary nitrogens is 1. The van der Waals surface area contributed by atoms with Gasteiger partial charge in [0.15, 0.2) is 0 Å². The quantitative estimate of drug-likeness (QED) is 0.762. The van der Waals surface area contributed by atoms with Crippen molar-refractivity contribution in [2.24, 2.45) is 0 Å². The summed E-state index contributed by atoms with van der Waals surface area (Å²) in [6.07, 6.45) is 2.54. The third-order valence-electron chi connectivity index (χ3n) is 4.19. The fourth-order valence-corrected chi connectivity index (χ4v) is 4.03. The third kappa shape index (κ3) is 4.47. The molecule has 1 aliphatic rings. The van der Waals surface area contributed by atoms with Crippen LogP contribution in [0.3, 0.4) is 0 Å². The number of urea groups is 1. The van der Waals surface area contributed by atoms with Gasteiger partial charge in [0, 0.05) is 23.6 Å². The third-order valence-corrected chi connectivity index (χ3v) is 5.43. The summed E-state index contributed by atoms with van der Waals surface area (Å²) in [7, 11) is 0. The van der Waals surface area contributed by atoms with Gasteiger partial charge in [-0.2, -0.15) is 0 Å². The van der Waals surface area contributed by atoms with E-state index in [0.29, 0.717) is 17.6 Å². The number of thiophene rings is 1. The number of nitrogens with one attached hydrogen (secondary N) is 3. The van der Waals surface area contributed by atoms with Crippen molar-refractivity contribution < 1.29 is 9.69 Å². The highest BCUT2D eigenvalue weighted by Crippen LogP contribution is 2.17. The molecule has 0 aliphatic carbocycles. The monoisotopic (exact) mass is 350 g/mol. The zero-order valence-electron chi connectivity index (χ0n) is 12.8. The standard InChI is InChI=1S/C17H20ClN3OS/c18-13-5-7-14(8-6-13)20-17(22)19-12-15(16-4-3-11-23-16)21-9-1-2-10-21/h3-8,11,15H,1-2,9-10,12H2,(H2,19,20,22)/p+1/t15-/m0/s1. The highest BCUT2D eigenvalue weighted by molar-refractivity contribution is 7.10. The lowest BCUT2D eigenvalue weighted by Crippen LogP contribution is -3.11. The van der Waals surface area contributed by atoms with Gasteiger partial charge < -0.3 is 15.5 Å². The second-order valence-electron chi connectivity index (χ2n) is 5.78. The topological polar surface area (TPSA) is 45.6 Å². The molecule has 0 bridgehead atoms. The lowest BCUT2D eigenvalue weighted by Gasteiger charge is -2.24. The smallest absolute Gasteiger partial charge is 0.319 e. The van der Waals surface area contributed by atoms with E-state index in [1.807, 2.05) is 0 Å². The van der Waals surface area contributed by atoms with Crippen LogP contribution < -0.4 is 15.5 Å². The van der Waals surface area contributed by atoms with Crippen LogP contribution in [0.2, 0.25) is 5.02 Å². The first-order valence-corrected chi connectivity index (χ1v) is 9.16. The number of hydrogen-bond acceptors (Lipinski definition) is 2. The summed E-state index contributed by atoms with van der Waals surface area (Å²) < 4.78 is 0. The van der Waals surface area contributed by atoms with E-state index >= 15 is 0 Å². The second-order valence-corrected chi connectivity index (χ2v) is 7.19. The minimum atomic E-state index is -0.174. The van der Waals surface area contributed by atoms with Crippen LogP contribution in [0.4, 0.5) is 10.5 Å². The number of amides is 2. The van der Waals surface area contributed by atoms with E-state index in [9.17, 15) is 4.79 Å². The average Bonchev–Trinajstić information content (AvgIpc) is 3.24. The van der Waals surface area contributed by atoms with Crippen molar-refractivity contribution in [1.82, 2.24) is 5.32 Å². The second kappa shape index (κ2) is 7.81. The Labute approximate surface area is 145 Å². The molecule has 1 aliphatic heterocycles. The first-order chi connectivity index (χ1) is 11.2. The van der Waals surface area contributed by atoms with Crippen LogP contribution >= 0.6 is 22.9 Å². The normalized spacial score (nSPS) is 16.2. The van der Waals surface area contributed by atoms with E-state index in [1.54, 1.807) is 40.5 Å². The molecule has 1 saturated heterocycles. The van der Waals surface area contributed by atoms with Crippen LogP contribution in [-0.2, 0) is 0 Å². The first-order valence-electron chi connectivity index (χ1n) is 7.91. The molecule has 2 heterocycles. The molecular weight excluding hydrogens is 330 g/mol. The molecule has 0 radical (unpaired) electrons. The molecule has 122 valence electrons. The van der Waals surface area contributed by atoms with Crippen LogP contribution in [0.5, 0.6) is 0 Å². The first kappa shape index (κ1) is 16.3. The number of halogens is 1. The van der Waals surface area contributed by atoms with Gasteiger partial charge in [-0.05, 0) is 35.7 Å². The van der Waals surface area contributed by atoms with Crippen molar-refractivity contribution in [3.8, 4) is 0 Å². The number of rotatable bonds is 5. The minimum absolute atomic E-state index is 0.174. The van der Waals surface area contributed by atoms with E-state index in [0.717, 1.165) is 5.69 Å². The largest absolute Gasteiger partial charge is 0.331 e. The molecule has 1 aromatic carbocycles. The fourth-order valence-electron chi connectivity index (χ4n) is 3.02. The summed E-state index contributed by atoms with van der Waals surface area (Å²) in [5.41, 5.74) is 0.744. The maximum Gasteiger partial charge on any atom is 0.319 e. The maximum absolute atomic E-state index is 12.1. The van der Waals surface area contributed by atoms with Crippen LogP contribution in [0.1, 0.15) is 23.8 Å². The fraction of sp³-hybridized carbons (Fsp3) is 0.353. The Bertz CT molecular complexity index is 624. The van der Waals surface area contributed by atoms with Crippen molar-refractivity contribution in [2.45, 2.75) is 18.9 Å².